The Morgan fingerprint density at radius 2 is 1.63 bits per heavy atom. The zero-order chi connectivity index (χ0) is 14.0. The first-order valence-corrected chi connectivity index (χ1v) is 6.57. The molecule has 0 aliphatic rings. The topological polar surface area (TPSA) is 9.23 Å². The van der Waals surface area contributed by atoms with Crippen molar-refractivity contribution in [1.29, 1.82) is 0 Å². The molecule has 0 aromatic heterocycles. The molecule has 2 aromatic carbocycles. The summed E-state index contributed by atoms with van der Waals surface area (Å²) < 4.78 is 45.3. The number of ether oxygens (including phenoxy) is 1. The molecule has 0 heterocycles. The molecule has 0 saturated heterocycles. The van der Waals surface area contributed by atoms with Gasteiger partial charge in [0.1, 0.15) is 18.2 Å². The van der Waals surface area contributed by atoms with E-state index in [9.17, 15) is 13.2 Å². The minimum absolute atomic E-state index is 0.0602. The number of halogens is 4. The van der Waals surface area contributed by atoms with Crippen molar-refractivity contribution in [3.8, 4) is 5.75 Å². The van der Waals surface area contributed by atoms with E-state index in [1.807, 2.05) is 0 Å². The van der Waals surface area contributed by atoms with Gasteiger partial charge in [-0.25, -0.2) is 13.2 Å². The molecule has 0 atom stereocenters. The maximum Gasteiger partial charge on any atom is 0.165 e. The average Bonchev–Trinajstić information content (AvgIpc) is 2.34. The van der Waals surface area contributed by atoms with E-state index < -0.39 is 17.5 Å². The summed E-state index contributed by atoms with van der Waals surface area (Å²) in [5.74, 6) is -1.73. The van der Waals surface area contributed by atoms with Crippen molar-refractivity contribution in [2.24, 2.45) is 0 Å². The minimum Gasteiger partial charge on any atom is -0.486 e. The first-order chi connectivity index (χ1) is 8.97. The SMILES string of the molecule is Cc1ccc(OCc2cc(F)c(I)c(F)c2)c(F)c1. The van der Waals surface area contributed by atoms with Gasteiger partial charge in [-0.15, -0.1) is 0 Å². The highest BCUT2D eigenvalue weighted by Crippen LogP contribution is 2.21. The molecule has 19 heavy (non-hydrogen) atoms. The van der Waals surface area contributed by atoms with Gasteiger partial charge < -0.3 is 4.74 Å². The molecule has 2 rings (SSSR count). The third kappa shape index (κ3) is 3.40. The van der Waals surface area contributed by atoms with Gasteiger partial charge in [-0.05, 0) is 64.9 Å². The van der Waals surface area contributed by atoms with Crippen LogP contribution >= 0.6 is 22.6 Å². The number of rotatable bonds is 3. The van der Waals surface area contributed by atoms with Gasteiger partial charge in [-0.1, -0.05) is 6.07 Å². The van der Waals surface area contributed by atoms with Gasteiger partial charge >= 0.3 is 0 Å². The number of benzene rings is 2. The van der Waals surface area contributed by atoms with Crippen LogP contribution < -0.4 is 4.74 Å². The standard InChI is InChI=1S/C14H10F3IO/c1-8-2-3-13(10(15)4-8)19-7-9-5-11(16)14(18)12(17)6-9/h2-6H,7H2,1H3. The molecule has 0 unspecified atom stereocenters. The molecule has 0 amide bonds. The van der Waals surface area contributed by atoms with Crippen molar-refractivity contribution < 1.29 is 17.9 Å². The normalized spacial score (nSPS) is 10.6. The third-order valence-electron chi connectivity index (χ3n) is 2.53. The molecule has 0 spiro atoms. The van der Waals surface area contributed by atoms with E-state index in [4.69, 9.17) is 4.74 Å². The summed E-state index contributed by atoms with van der Waals surface area (Å²) in [5.41, 5.74) is 1.09. The lowest BCUT2D eigenvalue weighted by atomic mass is 10.2. The Morgan fingerprint density at radius 1 is 1.00 bits per heavy atom. The Morgan fingerprint density at radius 3 is 2.21 bits per heavy atom. The van der Waals surface area contributed by atoms with Crippen LogP contribution in [0.15, 0.2) is 30.3 Å². The molecule has 0 N–H and O–H groups in total. The van der Waals surface area contributed by atoms with E-state index in [0.717, 1.165) is 5.56 Å². The first-order valence-electron chi connectivity index (χ1n) is 5.50. The van der Waals surface area contributed by atoms with Crippen LogP contribution in [-0.2, 0) is 6.61 Å². The zero-order valence-electron chi connectivity index (χ0n) is 10.0. The molecule has 5 heteroatoms. The molecule has 0 bridgehead atoms. The molecular formula is C14H10F3IO. The van der Waals surface area contributed by atoms with Crippen molar-refractivity contribution in [3.63, 3.8) is 0 Å². The van der Waals surface area contributed by atoms with Crippen LogP contribution in [0.25, 0.3) is 0 Å². The third-order valence-corrected chi connectivity index (χ3v) is 3.56. The lowest BCUT2D eigenvalue weighted by Gasteiger charge is -2.09. The molecular weight excluding hydrogens is 368 g/mol. The molecule has 2 aromatic rings. The summed E-state index contributed by atoms with van der Waals surface area (Å²) in [6, 6.07) is 6.88. The monoisotopic (exact) mass is 378 g/mol. The summed E-state index contributed by atoms with van der Waals surface area (Å²) in [6.45, 7) is 1.67. The van der Waals surface area contributed by atoms with E-state index in [1.165, 1.54) is 24.3 Å². The van der Waals surface area contributed by atoms with Crippen LogP contribution in [-0.4, -0.2) is 0 Å². The summed E-state index contributed by atoms with van der Waals surface area (Å²) in [5, 5.41) is 0. The second-order valence-corrected chi connectivity index (χ2v) is 5.17. The smallest absolute Gasteiger partial charge is 0.165 e. The van der Waals surface area contributed by atoms with Crippen molar-refractivity contribution >= 4 is 22.6 Å². The molecule has 0 aliphatic carbocycles. The van der Waals surface area contributed by atoms with Gasteiger partial charge in [0.15, 0.2) is 11.6 Å². The quantitative estimate of drug-likeness (QED) is 0.561. The van der Waals surface area contributed by atoms with Crippen LogP contribution in [0, 0.1) is 27.9 Å². The zero-order valence-corrected chi connectivity index (χ0v) is 12.2. The predicted octanol–water partition coefficient (Wildman–Crippen LogP) is 4.60. The number of hydrogen-bond acceptors (Lipinski definition) is 1. The summed E-state index contributed by atoms with van der Waals surface area (Å²) in [6.07, 6.45) is 0. The highest BCUT2D eigenvalue weighted by Gasteiger charge is 2.09. The molecule has 0 aliphatic heterocycles. The first kappa shape index (κ1) is 14.2. The van der Waals surface area contributed by atoms with E-state index in [2.05, 4.69) is 0 Å². The lowest BCUT2D eigenvalue weighted by molar-refractivity contribution is 0.289. The molecule has 0 fully saturated rings. The fraction of sp³-hybridized carbons (Fsp3) is 0.143. The van der Waals surface area contributed by atoms with Gasteiger partial charge in [-0.2, -0.15) is 0 Å². The lowest BCUT2D eigenvalue weighted by Crippen LogP contribution is -2.00. The van der Waals surface area contributed by atoms with Crippen molar-refractivity contribution in [2.75, 3.05) is 0 Å². The van der Waals surface area contributed by atoms with Crippen LogP contribution in [0.1, 0.15) is 11.1 Å². The highest BCUT2D eigenvalue weighted by atomic mass is 127. The molecule has 100 valence electrons. The second kappa shape index (κ2) is 5.81. The van der Waals surface area contributed by atoms with Crippen LogP contribution in [0.4, 0.5) is 13.2 Å². The van der Waals surface area contributed by atoms with Gasteiger partial charge in [-0.3, -0.25) is 0 Å². The van der Waals surface area contributed by atoms with Gasteiger partial charge in [0.05, 0.1) is 3.57 Å². The van der Waals surface area contributed by atoms with E-state index in [-0.39, 0.29) is 15.9 Å². The minimum atomic E-state index is -0.649. The Bertz CT molecular complexity index is 591. The highest BCUT2D eigenvalue weighted by molar-refractivity contribution is 14.1. The fourth-order valence-electron chi connectivity index (χ4n) is 1.58. The van der Waals surface area contributed by atoms with E-state index >= 15 is 0 Å². The maximum atomic E-state index is 13.5. The number of hydrogen-bond donors (Lipinski definition) is 0. The van der Waals surface area contributed by atoms with Crippen molar-refractivity contribution in [3.05, 3.63) is 62.5 Å². The van der Waals surface area contributed by atoms with Crippen molar-refractivity contribution in [2.45, 2.75) is 13.5 Å². The fourth-order valence-corrected chi connectivity index (χ4v) is 1.89. The maximum absolute atomic E-state index is 13.5. The summed E-state index contributed by atoms with van der Waals surface area (Å²) >= 11 is 1.58. The van der Waals surface area contributed by atoms with E-state index in [1.54, 1.807) is 35.6 Å². The Kier molecular flexibility index (Phi) is 4.34. The predicted molar refractivity (Wildman–Crippen MR) is 74.5 cm³/mol. The van der Waals surface area contributed by atoms with Crippen LogP contribution in [0.3, 0.4) is 0 Å². The Labute approximate surface area is 122 Å². The summed E-state index contributed by atoms with van der Waals surface area (Å²) in [7, 11) is 0. The van der Waals surface area contributed by atoms with Crippen LogP contribution in [0.5, 0.6) is 5.75 Å². The van der Waals surface area contributed by atoms with Gasteiger partial charge in [0.2, 0.25) is 0 Å². The average molecular weight is 378 g/mol. The second-order valence-electron chi connectivity index (χ2n) is 4.10. The molecule has 0 saturated carbocycles. The van der Waals surface area contributed by atoms with Crippen LogP contribution in [0.2, 0.25) is 0 Å². The largest absolute Gasteiger partial charge is 0.486 e. The summed E-state index contributed by atoms with van der Waals surface area (Å²) in [4.78, 5) is 0. The Hall–Kier alpha value is -1.24. The Balaban J connectivity index is 2.14. The van der Waals surface area contributed by atoms with E-state index in [0.29, 0.717) is 5.56 Å². The number of aryl methyl sites for hydroxylation is 1. The van der Waals surface area contributed by atoms with Gasteiger partial charge in [0.25, 0.3) is 0 Å². The van der Waals surface area contributed by atoms with Gasteiger partial charge in [0, 0.05) is 0 Å². The molecule has 0 radical (unpaired) electrons. The molecule has 1 nitrogen and oxygen atoms in total. The van der Waals surface area contributed by atoms with Crippen molar-refractivity contribution in [1.82, 2.24) is 0 Å².